The van der Waals surface area contributed by atoms with Crippen molar-refractivity contribution in [3.63, 3.8) is 0 Å². The fourth-order valence-electron chi connectivity index (χ4n) is 7.56. The molecule has 2 saturated heterocycles. The van der Waals surface area contributed by atoms with Crippen LogP contribution in [0.4, 0.5) is 13.6 Å². The molecule has 0 aromatic heterocycles. The standard InChI is InChI=1S/C21H34N2O4.C16H28F2N2O.ClH/c1-19(2,3)22-17(25)21(15-7-9-16(24)10-8-15)11-13-23(14-12-21)18(26)27-20(4,5)6;1-14(2,3)20-13(21)15(8-10-19-11-9-15)12-4-6-16(17,18)7-5-12;/h7,9,15H,8,10-14H2,1-6H3,(H,22,25);12,19H,4-11H2,1-3H3,(H,20,21);1H. The van der Waals surface area contributed by atoms with Crippen molar-refractivity contribution in [1.82, 2.24) is 20.9 Å². The molecule has 3 amide bonds. The fraction of sp³-hybridized carbons (Fsp3) is 0.838. The summed E-state index contributed by atoms with van der Waals surface area (Å²) in [7, 11) is 0. The van der Waals surface area contributed by atoms with Gasteiger partial charge >= 0.3 is 6.09 Å². The van der Waals surface area contributed by atoms with Crippen molar-refractivity contribution in [2.24, 2.45) is 22.7 Å². The average Bonchev–Trinajstić information content (AvgIpc) is 2.95. The minimum absolute atomic E-state index is 0. The van der Waals surface area contributed by atoms with Crippen molar-refractivity contribution < 1.29 is 32.7 Å². The Morgan fingerprint density at radius 2 is 1.29 bits per heavy atom. The number of carbonyl (C=O) groups excluding carboxylic acids is 4. The molecule has 0 aromatic rings. The zero-order chi connectivity index (χ0) is 36.2. The van der Waals surface area contributed by atoms with Crippen LogP contribution in [0.5, 0.6) is 0 Å². The van der Waals surface area contributed by atoms with Gasteiger partial charge in [-0.25, -0.2) is 13.6 Å². The highest BCUT2D eigenvalue weighted by Crippen LogP contribution is 2.49. The Kier molecular flexibility index (Phi) is 14.3. The van der Waals surface area contributed by atoms with Gasteiger partial charge in [-0.15, -0.1) is 12.4 Å². The number of ether oxygens (including phenoxy) is 1. The van der Waals surface area contributed by atoms with E-state index in [1.807, 2.05) is 68.4 Å². The lowest BCUT2D eigenvalue weighted by molar-refractivity contribution is -0.142. The first-order chi connectivity index (χ1) is 22.0. The number of rotatable bonds is 4. The number of halogens is 3. The summed E-state index contributed by atoms with van der Waals surface area (Å²) < 4.78 is 32.3. The summed E-state index contributed by atoms with van der Waals surface area (Å²) in [5.41, 5.74) is -2.21. The van der Waals surface area contributed by atoms with Crippen LogP contribution in [0, 0.1) is 22.7 Å². The second-order valence-electron chi connectivity index (χ2n) is 17.5. The molecular formula is C37H63ClF2N4O5. The summed E-state index contributed by atoms with van der Waals surface area (Å²) in [6.45, 7) is 19.9. The monoisotopic (exact) mass is 716 g/mol. The molecule has 4 rings (SSSR count). The number of nitrogens with one attached hydrogen (secondary N) is 3. The van der Waals surface area contributed by atoms with E-state index in [9.17, 15) is 28.0 Å². The highest BCUT2D eigenvalue weighted by Gasteiger charge is 2.51. The zero-order valence-electron chi connectivity index (χ0n) is 31.4. The number of allylic oxidation sites excluding steroid dienone is 2. The summed E-state index contributed by atoms with van der Waals surface area (Å²) in [5, 5.41) is 9.51. The minimum Gasteiger partial charge on any atom is -0.444 e. The van der Waals surface area contributed by atoms with Crippen LogP contribution in [-0.2, 0) is 19.1 Å². The molecule has 1 atom stereocenters. The van der Waals surface area contributed by atoms with Gasteiger partial charge in [0.2, 0.25) is 17.7 Å². The molecule has 0 radical (unpaired) electrons. The van der Waals surface area contributed by atoms with E-state index in [-0.39, 0.29) is 71.9 Å². The van der Waals surface area contributed by atoms with Gasteiger partial charge in [-0.1, -0.05) is 6.08 Å². The Morgan fingerprint density at radius 1 is 0.796 bits per heavy atom. The number of alkyl halides is 2. The van der Waals surface area contributed by atoms with Crippen LogP contribution in [0.1, 0.15) is 127 Å². The van der Waals surface area contributed by atoms with Crippen molar-refractivity contribution in [3.05, 3.63) is 12.2 Å². The Hall–Kier alpha value is -2.27. The predicted octanol–water partition coefficient (Wildman–Crippen LogP) is 6.97. The van der Waals surface area contributed by atoms with Crippen LogP contribution in [0.3, 0.4) is 0 Å². The molecule has 49 heavy (non-hydrogen) atoms. The van der Waals surface area contributed by atoms with Gasteiger partial charge in [0.05, 0.1) is 10.8 Å². The summed E-state index contributed by atoms with van der Waals surface area (Å²) in [6.07, 6.45) is 7.76. The first-order valence-corrected chi connectivity index (χ1v) is 17.9. The number of hydrogen-bond acceptors (Lipinski definition) is 6. The largest absolute Gasteiger partial charge is 0.444 e. The number of piperidine rings is 2. The molecular weight excluding hydrogens is 654 g/mol. The molecule has 9 nitrogen and oxygen atoms in total. The van der Waals surface area contributed by atoms with Gasteiger partial charge in [0.25, 0.3) is 0 Å². The Balaban J connectivity index is 0.000000343. The Labute approximate surface area is 299 Å². The predicted molar refractivity (Wildman–Crippen MR) is 191 cm³/mol. The van der Waals surface area contributed by atoms with E-state index >= 15 is 0 Å². The van der Waals surface area contributed by atoms with Crippen LogP contribution < -0.4 is 16.0 Å². The maximum absolute atomic E-state index is 13.4. The lowest BCUT2D eigenvalue weighted by atomic mass is 9.63. The smallest absolute Gasteiger partial charge is 0.410 e. The average molecular weight is 717 g/mol. The van der Waals surface area contributed by atoms with Gasteiger partial charge in [-0.05, 0) is 138 Å². The van der Waals surface area contributed by atoms with E-state index < -0.39 is 22.4 Å². The molecule has 3 fully saturated rings. The molecule has 4 aliphatic rings. The SMILES string of the molecule is CC(C)(C)NC(=O)C1(C2C=CC(=O)CC2)CCN(C(=O)OC(C)(C)C)CC1.CC(C)(C)NC(=O)C1(C2CCC(F)(F)CC2)CCNCC1.Cl. The van der Waals surface area contributed by atoms with E-state index in [1.165, 1.54) is 0 Å². The molecule has 2 aliphatic carbocycles. The quantitative estimate of drug-likeness (QED) is 0.289. The molecule has 2 aliphatic heterocycles. The molecule has 1 unspecified atom stereocenters. The van der Waals surface area contributed by atoms with Crippen molar-refractivity contribution >= 4 is 36.1 Å². The lowest BCUT2D eigenvalue weighted by Crippen LogP contribution is -2.57. The second kappa shape index (κ2) is 16.4. The molecule has 3 N–H and O–H groups in total. The normalized spacial score (nSPS) is 24.0. The minimum atomic E-state index is -2.54. The maximum atomic E-state index is 13.4. The molecule has 282 valence electrons. The molecule has 0 bridgehead atoms. The number of likely N-dealkylation sites (tertiary alicyclic amines) is 1. The van der Waals surface area contributed by atoms with Crippen molar-refractivity contribution in [2.45, 2.75) is 149 Å². The summed E-state index contributed by atoms with van der Waals surface area (Å²) in [5.74, 6) is -2.25. The summed E-state index contributed by atoms with van der Waals surface area (Å²) >= 11 is 0. The van der Waals surface area contributed by atoms with Crippen molar-refractivity contribution in [1.29, 1.82) is 0 Å². The van der Waals surface area contributed by atoms with Crippen molar-refractivity contribution in [3.8, 4) is 0 Å². The highest BCUT2D eigenvalue weighted by atomic mass is 35.5. The van der Waals surface area contributed by atoms with Crippen LogP contribution in [0.25, 0.3) is 0 Å². The van der Waals surface area contributed by atoms with Gasteiger partial charge < -0.3 is 25.6 Å². The van der Waals surface area contributed by atoms with E-state index in [4.69, 9.17) is 4.74 Å². The van der Waals surface area contributed by atoms with Crippen molar-refractivity contribution in [2.75, 3.05) is 26.2 Å². The van der Waals surface area contributed by atoms with E-state index in [2.05, 4.69) is 16.0 Å². The highest BCUT2D eigenvalue weighted by molar-refractivity contribution is 5.91. The number of carbonyl (C=O) groups is 4. The fourth-order valence-corrected chi connectivity index (χ4v) is 7.56. The topological polar surface area (TPSA) is 117 Å². The van der Waals surface area contributed by atoms with Crippen LogP contribution in [0.2, 0.25) is 0 Å². The second-order valence-corrected chi connectivity index (χ2v) is 17.5. The van der Waals surface area contributed by atoms with Crippen LogP contribution >= 0.6 is 12.4 Å². The summed E-state index contributed by atoms with van der Waals surface area (Å²) in [4.78, 5) is 51.8. The first-order valence-electron chi connectivity index (χ1n) is 17.9. The van der Waals surface area contributed by atoms with Crippen LogP contribution in [-0.4, -0.2) is 77.4 Å². The zero-order valence-corrected chi connectivity index (χ0v) is 32.2. The third kappa shape index (κ3) is 12.2. The maximum Gasteiger partial charge on any atom is 0.410 e. The molecule has 2 heterocycles. The molecule has 12 heteroatoms. The number of amides is 3. The van der Waals surface area contributed by atoms with Crippen LogP contribution in [0.15, 0.2) is 12.2 Å². The van der Waals surface area contributed by atoms with E-state index in [0.29, 0.717) is 51.6 Å². The van der Waals surface area contributed by atoms with Gasteiger partial charge in [0, 0.05) is 43.4 Å². The number of nitrogens with zero attached hydrogens (tertiary/aromatic N) is 1. The summed E-state index contributed by atoms with van der Waals surface area (Å²) in [6, 6.07) is 0. The number of ketones is 1. The third-order valence-corrected chi connectivity index (χ3v) is 10.1. The molecule has 0 spiro atoms. The van der Waals surface area contributed by atoms with Gasteiger partial charge in [0.1, 0.15) is 5.60 Å². The van der Waals surface area contributed by atoms with Gasteiger partial charge in [0.15, 0.2) is 5.78 Å². The van der Waals surface area contributed by atoms with E-state index in [0.717, 1.165) is 25.9 Å². The van der Waals surface area contributed by atoms with Gasteiger partial charge in [-0.2, -0.15) is 0 Å². The number of hydrogen-bond donors (Lipinski definition) is 3. The third-order valence-electron chi connectivity index (χ3n) is 10.1. The van der Waals surface area contributed by atoms with Gasteiger partial charge in [-0.3, -0.25) is 14.4 Å². The lowest BCUT2D eigenvalue weighted by Gasteiger charge is -2.46. The first kappa shape index (κ1) is 42.9. The molecule has 0 aromatic carbocycles. The Bertz CT molecular complexity index is 1180. The van der Waals surface area contributed by atoms with E-state index in [1.54, 1.807) is 11.0 Å². The Morgan fingerprint density at radius 3 is 1.71 bits per heavy atom. The molecule has 1 saturated carbocycles.